The number of Topliss-reactive ketones (excluding diaryl/α,β-unsaturated/α-hetero) is 2. The largest absolute Gasteiger partial charge is 0.357 e. The average molecular weight is 477 g/mol. The third kappa shape index (κ3) is 7.57. The van der Waals surface area contributed by atoms with Gasteiger partial charge in [-0.05, 0) is 61.4 Å². The van der Waals surface area contributed by atoms with Crippen LogP contribution in [0.2, 0.25) is 0 Å². The van der Waals surface area contributed by atoms with E-state index in [1.807, 2.05) is 24.3 Å². The van der Waals surface area contributed by atoms with Gasteiger partial charge in [-0.15, -0.1) is 0 Å². The Morgan fingerprint density at radius 3 is 1.33 bits per heavy atom. The zero-order chi connectivity index (χ0) is 19.5. The molecule has 0 saturated carbocycles. The van der Waals surface area contributed by atoms with E-state index in [1.165, 1.54) is 7.14 Å². The topological polar surface area (TPSA) is 34.1 Å². The normalized spacial score (nSPS) is 10.7. The molecule has 27 heavy (non-hydrogen) atoms. The molecule has 2 nitrogen and oxygen atoms in total. The van der Waals surface area contributed by atoms with Gasteiger partial charge >= 0.3 is 21.2 Å². The average Bonchev–Trinajstić information content (AvgIpc) is 2.69. The molecule has 0 heterocycles. The van der Waals surface area contributed by atoms with E-state index in [-0.39, 0.29) is 32.8 Å². The summed E-state index contributed by atoms with van der Waals surface area (Å²) >= 11 is -0.288. The molecule has 2 aromatic carbocycles. The highest BCUT2D eigenvalue weighted by atomic mass is 127. The molecule has 2 aromatic rings. The number of halogens is 1. The molecule has 144 valence electrons. The molecule has 3 heteroatoms. The van der Waals surface area contributed by atoms with Crippen LogP contribution in [-0.4, -0.2) is 11.6 Å². The lowest BCUT2D eigenvalue weighted by Gasteiger charge is -2.00. The van der Waals surface area contributed by atoms with E-state index < -0.39 is 0 Å². The first-order chi connectivity index (χ1) is 13.1. The van der Waals surface area contributed by atoms with Crippen molar-refractivity contribution in [1.29, 1.82) is 0 Å². The van der Waals surface area contributed by atoms with Crippen molar-refractivity contribution in [1.82, 2.24) is 0 Å². The Kier molecular flexibility index (Phi) is 9.74. The van der Waals surface area contributed by atoms with Gasteiger partial charge in [0.1, 0.15) is 0 Å². The fourth-order valence-electron chi connectivity index (χ4n) is 2.88. The van der Waals surface area contributed by atoms with E-state index in [0.29, 0.717) is 12.8 Å². The van der Waals surface area contributed by atoms with Gasteiger partial charge < -0.3 is 0 Å². The first-order valence-electron chi connectivity index (χ1n) is 10.1. The van der Waals surface area contributed by atoms with Gasteiger partial charge in [-0.25, -0.2) is 0 Å². The van der Waals surface area contributed by atoms with Crippen LogP contribution in [0.5, 0.6) is 0 Å². The maximum absolute atomic E-state index is 12.2. The van der Waals surface area contributed by atoms with Crippen molar-refractivity contribution in [2.24, 2.45) is 0 Å². The van der Waals surface area contributed by atoms with Crippen LogP contribution >= 0.6 is 0 Å². The number of benzene rings is 2. The van der Waals surface area contributed by atoms with Crippen LogP contribution in [-0.2, 0) is 0 Å². The second-order valence-electron chi connectivity index (χ2n) is 6.87. The quantitative estimate of drug-likeness (QED) is 0.267. The van der Waals surface area contributed by atoms with Crippen LogP contribution in [0, 0.1) is 7.14 Å². The van der Waals surface area contributed by atoms with Crippen LogP contribution in [0.25, 0.3) is 0 Å². The van der Waals surface area contributed by atoms with Gasteiger partial charge in [0.15, 0.2) is 18.7 Å². The molecule has 0 fully saturated rings. The zero-order valence-electron chi connectivity index (χ0n) is 16.5. The summed E-state index contributed by atoms with van der Waals surface area (Å²) in [4.78, 5) is 24.3. The summed E-state index contributed by atoms with van der Waals surface area (Å²) in [6.45, 7) is 4.30. The molecular formula is C24H30IO2+. The summed E-state index contributed by atoms with van der Waals surface area (Å²) in [7, 11) is 0. The molecule has 0 aromatic heterocycles. The Labute approximate surface area is 174 Å². The smallest absolute Gasteiger partial charge is 0.294 e. The number of unbranched alkanes of at least 4 members (excludes halogenated alkanes) is 4. The Morgan fingerprint density at radius 1 is 0.630 bits per heavy atom. The van der Waals surface area contributed by atoms with Crippen molar-refractivity contribution in [2.75, 3.05) is 0 Å². The van der Waals surface area contributed by atoms with Gasteiger partial charge in [-0.3, -0.25) is 9.59 Å². The second-order valence-corrected chi connectivity index (χ2v) is 9.90. The fourth-order valence-corrected chi connectivity index (χ4v) is 5.04. The number of carbonyl (C=O) groups is 2. The Hall–Kier alpha value is -1.49. The highest BCUT2D eigenvalue weighted by molar-refractivity contribution is 5.96. The minimum atomic E-state index is -0.288. The molecule has 0 aliphatic rings. The molecule has 0 atom stereocenters. The number of ketones is 2. The Balaban J connectivity index is 1.89. The molecule has 0 N–H and O–H groups in total. The summed E-state index contributed by atoms with van der Waals surface area (Å²) in [5, 5.41) is 0. The van der Waals surface area contributed by atoms with Crippen molar-refractivity contribution in [3.63, 3.8) is 0 Å². The van der Waals surface area contributed by atoms with Gasteiger partial charge in [0.05, 0.1) is 0 Å². The molecule has 0 aliphatic heterocycles. The van der Waals surface area contributed by atoms with Crippen LogP contribution in [0.15, 0.2) is 48.5 Å². The van der Waals surface area contributed by atoms with Crippen LogP contribution in [0.4, 0.5) is 0 Å². The van der Waals surface area contributed by atoms with Gasteiger partial charge in [0.25, 0.3) is 0 Å². The van der Waals surface area contributed by atoms with Crippen molar-refractivity contribution in [2.45, 2.75) is 65.2 Å². The molecule has 2 rings (SSSR count). The monoisotopic (exact) mass is 477 g/mol. The van der Waals surface area contributed by atoms with Crippen LogP contribution in [0.3, 0.4) is 0 Å². The van der Waals surface area contributed by atoms with Gasteiger partial charge in [-0.2, -0.15) is 0 Å². The Morgan fingerprint density at radius 2 is 1.00 bits per heavy atom. The minimum absolute atomic E-state index is 0.249. The van der Waals surface area contributed by atoms with Crippen LogP contribution < -0.4 is 21.2 Å². The molecule has 0 aliphatic carbocycles. The summed E-state index contributed by atoms with van der Waals surface area (Å²) in [6.07, 6.45) is 7.77. The van der Waals surface area contributed by atoms with Crippen molar-refractivity contribution >= 4 is 11.6 Å². The van der Waals surface area contributed by atoms with Crippen molar-refractivity contribution < 1.29 is 30.8 Å². The standard InChI is InChI=1S/C24H30IO2/c1-3-5-7-9-23(26)19-11-15-21(16-12-19)25-22-17-13-20(14-18-22)24(27)10-8-6-4-2/h11-18H,3-10H2,1-2H3/q+1. The van der Waals surface area contributed by atoms with E-state index in [0.717, 1.165) is 49.7 Å². The van der Waals surface area contributed by atoms with E-state index in [1.54, 1.807) is 0 Å². The molecule has 0 saturated heterocycles. The van der Waals surface area contributed by atoms with Crippen molar-refractivity contribution in [3.8, 4) is 0 Å². The van der Waals surface area contributed by atoms with E-state index in [9.17, 15) is 9.59 Å². The first kappa shape index (κ1) is 21.8. The van der Waals surface area contributed by atoms with Gasteiger partial charge in [0, 0.05) is 24.0 Å². The number of rotatable bonds is 12. The molecule has 0 amide bonds. The maximum Gasteiger partial charge on any atom is 0.357 e. The van der Waals surface area contributed by atoms with Crippen LogP contribution in [0.1, 0.15) is 85.9 Å². The predicted octanol–water partition coefficient (Wildman–Crippen LogP) is 3.34. The zero-order valence-corrected chi connectivity index (χ0v) is 18.6. The highest BCUT2D eigenvalue weighted by Gasteiger charge is 2.17. The first-order valence-corrected chi connectivity index (χ1v) is 12.2. The number of hydrogen-bond acceptors (Lipinski definition) is 2. The lowest BCUT2D eigenvalue weighted by atomic mass is 10.1. The maximum atomic E-state index is 12.2. The molecule has 0 bridgehead atoms. The van der Waals surface area contributed by atoms with E-state index in [2.05, 4.69) is 38.1 Å². The summed E-state index contributed by atoms with van der Waals surface area (Å²) < 4.78 is 2.59. The van der Waals surface area contributed by atoms with E-state index in [4.69, 9.17) is 0 Å². The Bertz CT molecular complexity index is 654. The summed E-state index contributed by atoms with van der Waals surface area (Å²) in [5.74, 6) is 0.498. The number of carbonyl (C=O) groups excluding carboxylic acids is 2. The fraction of sp³-hybridized carbons (Fsp3) is 0.417. The second kappa shape index (κ2) is 12.1. The number of hydrogen-bond donors (Lipinski definition) is 0. The lowest BCUT2D eigenvalue weighted by Crippen LogP contribution is -3.61. The minimum Gasteiger partial charge on any atom is -0.294 e. The lowest BCUT2D eigenvalue weighted by molar-refractivity contribution is -0.597. The summed E-state index contributed by atoms with van der Waals surface area (Å²) in [6, 6.07) is 16.2. The van der Waals surface area contributed by atoms with Crippen molar-refractivity contribution in [3.05, 3.63) is 66.8 Å². The highest BCUT2D eigenvalue weighted by Crippen LogP contribution is 2.09. The SMILES string of the molecule is CCCCCC(=O)c1ccc([I+]c2ccc(C(=O)CCCCC)cc2)cc1. The summed E-state index contributed by atoms with van der Waals surface area (Å²) in [5.41, 5.74) is 1.65. The molecule has 0 spiro atoms. The third-order valence-corrected chi connectivity index (χ3v) is 7.25. The third-order valence-electron chi connectivity index (χ3n) is 4.57. The predicted molar refractivity (Wildman–Crippen MR) is 107 cm³/mol. The molecule has 0 radical (unpaired) electrons. The molecule has 0 unspecified atom stereocenters. The van der Waals surface area contributed by atoms with Gasteiger partial charge in [-0.1, -0.05) is 39.5 Å². The molecular weight excluding hydrogens is 447 g/mol. The van der Waals surface area contributed by atoms with E-state index >= 15 is 0 Å². The van der Waals surface area contributed by atoms with Gasteiger partial charge in [0.2, 0.25) is 0 Å².